The van der Waals surface area contributed by atoms with Crippen molar-refractivity contribution in [2.24, 2.45) is 17.8 Å². The van der Waals surface area contributed by atoms with Crippen LogP contribution in [0.2, 0.25) is 0 Å². The summed E-state index contributed by atoms with van der Waals surface area (Å²) in [6.07, 6.45) is 2.35. The number of piperidine rings is 1. The monoisotopic (exact) mass is 317 g/mol. The lowest BCUT2D eigenvalue weighted by Crippen LogP contribution is -2.45. The van der Waals surface area contributed by atoms with Gasteiger partial charge < -0.3 is 15.1 Å². The molecule has 0 aliphatic carbocycles. The van der Waals surface area contributed by atoms with E-state index < -0.39 is 0 Å². The lowest BCUT2D eigenvalue weighted by atomic mass is 9.92. The van der Waals surface area contributed by atoms with Crippen molar-refractivity contribution in [3.63, 3.8) is 0 Å². The first-order valence-electron chi connectivity index (χ1n) is 8.37. The number of rotatable bonds is 5. The molecule has 2 aliphatic heterocycles. The van der Waals surface area contributed by atoms with Crippen LogP contribution < -0.4 is 5.32 Å². The van der Waals surface area contributed by atoms with E-state index in [1.54, 1.807) is 0 Å². The van der Waals surface area contributed by atoms with Gasteiger partial charge in [0.15, 0.2) is 0 Å². The maximum absolute atomic E-state index is 12.5. The van der Waals surface area contributed by atoms with Gasteiger partial charge in [-0.25, -0.2) is 0 Å². The fourth-order valence-corrected chi connectivity index (χ4v) is 3.56. The van der Waals surface area contributed by atoms with E-state index in [2.05, 4.69) is 35.9 Å². The molecule has 0 spiro atoms. The fraction of sp³-hybridized carbons (Fsp3) is 0.938. The molecule has 1 amide bonds. The second kappa shape index (κ2) is 8.96. The minimum Gasteiger partial charge on any atom is -0.342 e. The molecule has 0 unspecified atom stereocenters. The number of nitrogens with one attached hydrogen (secondary N) is 1. The maximum atomic E-state index is 12.5. The molecule has 0 aromatic heterocycles. The van der Waals surface area contributed by atoms with Crippen LogP contribution in [-0.2, 0) is 4.79 Å². The molecule has 2 rings (SSSR count). The highest BCUT2D eigenvalue weighted by Crippen LogP contribution is 2.23. The molecule has 0 radical (unpaired) electrons. The highest BCUT2D eigenvalue weighted by molar-refractivity contribution is 5.85. The lowest BCUT2D eigenvalue weighted by molar-refractivity contribution is -0.137. The van der Waals surface area contributed by atoms with Crippen LogP contribution in [0.5, 0.6) is 0 Å². The molecule has 0 aromatic rings. The number of hydrogen-bond acceptors (Lipinski definition) is 3. The van der Waals surface area contributed by atoms with Gasteiger partial charge in [0.1, 0.15) is 0 Å². The van der Waals surface area contributed by atoms with E-state index in [1.165, 1.54) is 19.4 Å². The smallest absolute Gasteiger partial charge is 0.227 e. The molecular formula is C16H32ClN3O. The highest BCUT2D eigenvalue weighted by Gasteiger charge is 2.34. The van der Waals surface area contributed by atoms with E-state index in [0.29, 0.717) is 11.8 Å². The molecule has 0 saturated carbocycles. The van der Waals surface area contributed by atoms with E-state index in [4.69, 9.17) is 0 Å². The van der Waals surface area contributed by atoms with Gasteiger partial charge in [-0.15, -0.1) is 12.4 Å². The summed E-state index contributed by atoms with van der Waals surface area (Å²) in [5, 5.41) is 3.34. The number of carbonyl (C=O) groups excluding carboxylic acids is 1. The van der Waals surface area contributed by atoms with Crippen molar-refractivity contribution in [1.82, 2.24) is 15.1 Å². The van der Waals surface area contributed by atoms with Gasteiger partial charge >= 0.3 is 0 Å². The number of hydrogen-bond donors (Lipinski definition) is 1. The van der Waals surface area contributed by atoms with Gasteiger partial charge in [0.2, 0.25) is 5.91 Å². The molecule has 124 valence electrons. The second-order valence-electron chi connectivity index (χ2n) is 6.50. The number of likely N-dealkylation sites (tertiary alicyclic amines) is 1. The standard InChI is InChI=1S/C16H31N3O.ClH/c1-4-18(5-2)12-14-6-8-19(9-7-14)16(20)15-11-17-10-13(15)3;/h13-15,17H,4-12H2,1-3H3;1H/t13-,15-;/m1./s1. The average Bonchev–Trinajstić information content (AvgIpc) is 2.91. The van der Waals surface area contributed by atoms with Crippen LogP contribution >= 0.6 is 12.4 Å². The maximum Gasteiger partial charge on any atom is 0.227 e. The second-order valence-corrected chi connectivity index (χ2v) is 6.50. The third-order valence-electron chi connectivity index (χ3n) is 5.17. The summed E-state index contributed by atoms with van der Waals surface area (Å²) in [4.78, 5) is 17.2. The van der Waals surface area contributed by atoms with E-state index in [0.717, 1.165) is 45.2 Å². The highest BCUT2D eigenvalue weighted by atomic mass is 35.5. The number of carbonyl (C=O) groups is 1. The number of amides is 1. The predicted molar refractivity (Wildman–Crippen MR) is 89.9 cm³/mol. The van der Waals surface area contributed by atoms with Gasteiger partial charge in [-0.2, -0.15) is 0 Å². The topological polar surface area (TPSA) is 35.6 Å². The van der Waals surface area contributed by atoms with Crippen molar-refractivity contribution >= 4 is 18.3 Å². The third-order valence-corrected chi connectivity index (χ3v) is 5.17. The van der Waals surface area contributed by atoms with Crippen molar-refractivity contribution in [3.05, 3.63) is 0 Å². The SMILES string of the molecule is CCN(CC)CC1CCN(C(=O)[C@@H]2CNC[C@H]2C)CC1.Cl. The summed E-state index contributed by atoms with van der Waals surface area (Å²) in [6, 6.07) is 0. The van der Waals surface area contributed by atoms with Crippen LogP contribution in [-0.4, -0.2) is 61.5 Å². The Morgan fingerprint density at radius 1 is 1.19 bits per heavy atom. The van der Waals surface area contributed by atoms with Crippen LogP contribution in [0.3, 0.4) is 0 Å². The molecule has 2 fully saturated rings. The lowest BCUT2D eigenvalue weighted by Gasteiger charge is -2.36. The van der Waals surface area contributed by atoms with E-state index in [9.17, 15) is 4.79 Å². The predicted octanol–water partition coefficient (Wildman–Crippen LogP) is 1.84. The van der Waals surface area contributed by atoms with E-state index in [-0.39, 0.29) is 18.3 Å². The largest absolute Gasteiger partial charge is 0.342 e. The van der Waals surface area contributed by atoms with Crippen molar-refractivity contribution in [2.45, 2.75) is 33.6 Å². The summed E-state index contributed by atoms with van der Waals surface area (Å²) in [5.74, 6) is 1.88. The minimum atomic E-state index is 0. The molecule has 0 bridgehead atoms. The molecule has 2 aliphatic rings. The summed E-state index contributed by atoms with van der Waals surface area (Å²) >= 11 is 0. The molecule has 2 atom stereocenters. The number of nitrogens with zero attached hydrogens (tertiary/aromatic N) is 2. The van der Waals surface area contributed by atoms with Gasteiger partial charge in [0, 0.05) is 26.2 Å². The summed E-state index contributed by atoms with van der Waals surface area (Å²) in [7, 11) is 0. The quantitative estimate of drug-likeness (QED) is 0.840. The van der Waals surface area contributed by atoms with Crippen LogP contribution in [0.1, 0.15) is 33.6 Å². The zero-order chi connectivity index (χ0) is 14.5. The van der Waals surface area contributed by atoms with Crippen molar-refractivity contribution in [1.29, 1.82) is 0 Å². The van der Waals surface area contributed by atoms with Gasteiger partial charge in [-0.05, 0) is 44.3 Å². The number of halogens is 1. The van der Waals surface area contributed by atoms with Crippen LogP contribution in [0.4, 0.5) is 0 Å². The van der Waals surface area contributed by atoms with Crippen molar-refractivity contribution in [2.75, 3.05) is 45.8 Å². The van der Waals surface area contributed by atoms with Gasteiger partial charge in [0.05, 0.1) is 5.92 Å². The molecule has 2 heterocycles. The van der Waals surface area contributed by atoms with Gasteiger partial charge in [0.25, 0.3) is 0 Å². The van der Waals surface area contributed by atoms with Crippen molar-refractivity contribution in [3.8, 4) is 0 Å². The first-order valence-corrected chi connectivity index (χ1v) is 8.37. The Kier molecular flexibility index (Phi) is 7.99. The van der Waals surface area contributed by atoms with Gasteiger partial charge in [-0.3, -0.25) is 4.79 Å². The van der Waals surface area contributed by atoms with Crippen LogP contribution in [0.15, 0.2) is 0 Å². The molecule has 5 heteroatoms. The first-order chi connectivity index (χ1) is 9.65. The minimum absolute atomic E-state index is 0. The molecule has 2 saturated heterocycles. The Morgan fingerprint density at radius 3 is 2.29 bits per heavy atom. The zero-order valence-electron chi connectivity index (χ0n) is 13.8. The summed E-state index contributed by atoms with van der Waals surface area (Å²) in [6.45, 7) is 13.9. The summed E-state index contributed by atoms with van der Waals surface area (Å²) < 4.78 is 0. The molecular weight excluding hydrogens is 286 g/mol. The first kappa shape index (κ1) is 18.7. The Hall–Kier alpha value is -0.320. The van der Waals surface area contributed by atoms with Crippen molar-refractivity contribution < 1.29 is 4.79 Å². The summed E-state index contributed by atoms with van der Waals surface area (Å²) in [5.41, 5.74) is 0. The Balaban J connectivity index is 0.00000220. The van der Waals surface area contributed by atoms with E-state index >= 15 is 0 Å². The Bertz CT molecular complexity index is 315. The average molecular weight is 318 g/mol. The zero-order valence-corrected chi connectivity index (χ0v) is 14.6. The van der Waals surface area contributed by atoms with Crippen LogP contribution in [0, 0.1) is 17.8 Å². The molecule has 0 aromatic carbocycles. The van der Waals surface area contributed by atoms with Crippen LogP contribution in [0.25, 0.3) is 0 Å². The molecule has 4 nitrogen and oxygen atoms in total. The molecule has 21 heavy (non-hydrogen) atoms. The van der Waals surface area contributed by atoms with E-state index in [1.807, 2.05) is 0 Å². The normalized spacial score (nSPS) is 27.0. The molecule has 1 N–H and O–H groups in total. The third kappa shape index (κ3) is 4.83. The Morgan fingerprint density at radius 2 is 1.81 bits per heavy atom. The fourth-order valence-electron chi connectivity index (χ4n) is 3.56. The Labute approximate surface area is 136 Å². The van der Waals surface area contributed by atoms with Gasteiger partial charge in [-0.1, -0.05) is 20.8 Å².